The molecule has 2 aromatic heterocycles. The summed E-state index contributed by atoms with van der Waals surface area (Å²) in [7, 11) is 0. The van der Waals surface area contributed by atoms with Gasteiger partial charge in [-0.1, -0.05) is 32.9 Å². The third-order valence-electron chi connectivity index (χ3n) is 5.42. The zero-order chi connectivity index (χ0) is 23.4. The number of nitrogens with one attached hydrogen (secondary N) is 1. The van der Waals surface area contributed by atoms with E-state index < -0.39 is 6.09 Å². The topological polar surface area (TPSA) is 100 Å². The van der Waals surface area contributed by atoms with E-state index in [1.54, 1.807) is 18.6 Å². The number of hydrogen-bond acceptors (Lipinski definition) is 6. The Kier molecular flexibility index (Phi) is 6.26. The van der Waals surface area contributed by atoms with Crippen LogP contribution in [0.2, 0.25) is 0 Å². The maximum absolute atomic E-state index is 11.7. The fourth-order valence-electron chi connectivity index (χ4n) is 3.80. The van der Waals surface area contributed by atoms with Gasteiger partial charge in [0.15, 0.2) is 0 Å². The molecule has 0 saturated heterocycles. The predicted octanol–water partition coefficient (Wildman–Crippen LogP) is 5.59. The number of nitrogens with zero attached hydrogens (tertiary/aromatic N) is 4. The third-order valence-corrected chi connectivity index (χ3v) is 5.42. The molecule has 1 amide bonds. The van der Waals surface area contributed by atoms with Crippen LogP contribution in [0.25, 0.3) is 5.57 Å². The number of carbonyl (C=O) groups is 1. The molecule has 8 heteroatoms. The molecule has 0 radical (unpaired) electrons. The molecule has 1 aliphatic rings. The van der Waals surface area contributed by atoms with Crippen molar-refractivity contribution in [3.63, 3.8) is 0 Å². The third kappa shape index (κ3) is 5.28. The van der Waals surface area contributed by atoms with E-state index in [1.165, 1.54) is 4.90 Å². The minimum absolute atomic E-state index is 0.260. The van der Waals surface area contributed by atoms with Gasteiger partial charge in [0, 0.05) is 30.8 Å². The Bertz CT molecular complexity index is 1140. The average molecular weight is 446 g/mol. The molecule has 0 saturated carbocycles. The van der Waals surface area contributed by atoms with Gasteiger partial charge in [0.1, 0.15) is 17.3 Å². The average Bonchev–Trinajstić information content (AvgIpc) is 2.80. The predicted molar refractivity (Wildman–Crippen MR) is 127 cm³/mol. The van der Waals surface area contributed by atoms with Gasteiger partial charge in [-0.3, -0.25) is 0 Å². The Morgan fingerprint density at radius 2 is 1.82 bits per heavy atom. The smallest absolute Gasteiger partial charge is 0.407 e. The molecule has 0 fully saturated rings. The highest BCUT2D eigenvalue weighted by atomic mass is 16.5. The fourth-order valence-corrected chi connectivity index (χ4v) is 3.80. The van der Waals surface area contributed by atoms with E-state index in [2.05, 4.69) is 20.3 Å². The van der Waals surface area contributed by atoms with Crippen LogP contribution in [0.15, 0.2) is 67.1 Å². The van der Waals surface area contributed by atoms with Gasteiger partial charge in [0.05, 0.1) is 6.04 Å². The van der Waals surface area contributed by atoms with Crippen molar-refractivity contribution in [1.82, 2.24) is 19.9 Å². The van der Waals surface area contributed by atoms with Gasteiger partial charge in [-0.25, -0.2) is 19.7 Å². The number of anilines is 2. The Labute approximate surface area is 193 Å². The maximum atomic E-state index is 11.7. The summed E-state index contributed by atoms with van der Waals surface area (Å²) in [6.45, 7) is 6.48. The van der Waals surface area contributed by atoms with E-state index in [-0.39, 0.29) is 11.5 Å². The van der Waals surface area contributed by atoms with E-state index in [9.17, 15) is 9.90 Å². The van der Waals surface area contributed by atoms with Gasteiger partial charge in [0.2, 0.25) is 5.88 Å². The lowest BCUT2D eigenvalue weighted by Crippen LogP contribution is -2.48. The molecule has 170 valence electrons. The number of ether oxygens (including phenoxy) is 1. The van der Waals surface area contributed by atoms with Crippen LogP contribution in [0.4, 0.5) is 16.3 Å². The summed E-state index contributed by atoms with van der Waals surface area (Å²) in [5.41, 5.74) is 2.19. The van der Waals surface area contributed by atoms with Crippen LogP contribution in [0.1, 0.15) is 32.9 Å². The van der Waals surface area contributed by atoms with Crippen LogP contribution >= 0.6 is 0 Å². The first-order valence-electron chi connectivity index (χ1n) is 10.8. The van der Waals surface area contributed by atoms with E-state index >= 15 is 0 Å². The first kappa shape index (κ1) is 22.3. The largest absolute Gasteiger partial charge is 0.465 e. The van der Waals surface area contributed by atoms with Crippen molar-refractivity contribution in [3.8, 4) is 11.6 Å². The van der Waals surface area contributed by atoms with E-state index in [0.717, 1.165) is 17.1 Å². The lowest BCUT2D eigenvalue weighted by molar-refractivity contribution is 0.0999. The molecule has 0 aliphatic carbocycles. The normalized spacial score (nSPS) is 16.2. The van der Waals surface area contributed by atoms with E-state index in [0.29, 0.717) is 30.3 Å². The summed E-state index contributed by atoms with van der Waals surface area (Å²) in [6.07, 6.45) is 6.55. The van der Waals surface area contributed by atoms with Gasteiger partial charge in [0.25, 0.3) is 0 Å². The van der Waals surface area contributed by atoms with Crippen LogP contribution in [0, 0.1) is 5.41 Å². The summed E-state index contributed by atoms with van der Waals surface area (Å²) >= 11 is 0. The summed E-state index contributed by atoms with van der Waals surface area (Å²) in [5, 5.41) is 12.9. The van der Waals surface area contributed by atoms with Crippen molar-refractivity contribution < 1.29 is 14.6 Å². The van der Waals surface area contributed by atoms with Crippen LogP contribution in [-0.4, -0.2) is 43.6 Å². The van der Waals surface area contributed by atoms with Crippen molar-refractivity contribution in [2.75, 3.05) is 11.9 Å². The Morgan fingerprint density at radius 1 is 1.06 bits per heavy atom. The highest BCUT2D eigenvalue weighted by Crippen LogP contribution is 2.36. The number of rotatable bonds is 5. The van der Waals surface area contributed by atoms with Crippen LogP contribution < -0.4 is 10.1 Å². The molecule has 8 nitrogen and oxygen atoms in total. The van der Waals surface area contributed by atoms with Gasteiger partial charge >= 0.3 is 6.09 Å². The number of pyridine rings is 1. The van der Waals surface area contributed by atoms with E-state index in [1.807, 2.05) is 69.3 Å². The zero-order valence-electron chi connectivity index (χ0n) is 18.9. The second-order valence-corrected chi connectivity index (χ2v) is 8.91. The highest BCUT2D eigenvalue weighted by Gasteiger charge is 2.35. The van der Waals surface area contributed by atoms with Crippen LogP contribution in [-0.2, 0) is 0 Å². The number of amides is 1. The van der Waals surface area contributed by atoms with Crippen molar-refractivity contribution in [1.29, 1.82) is 0 Å². The zero-order valence-corrected chi connectivity index (χ0v) is 18.9. The lowest BCUT2D eigenvalue weighted by Gasteiger charge is -2.40. The van der Waals surface area contributed by atoms with Gasteiger partial charge in [-0.2, -0.15) is 0 Å². The summed E-state index contributed by atoms with van der Waals surface area (Å²) in [6, 6.07) is 12.9. The van der Waals surface area contributed by atoms with Crippen molar-refractivity contribution in [2.45, 2.75) is 33.2 Å². The van der Waals surface area contributed by atoms with Gasteiger partial charge < -0.3 is 20.1 Å². The molecular formula is C25H27N5O3. The molecule has 0 bridgehead atoms. The van der Waals surface area contributed by atoms with Crippen molar-refractivity contribution >= 4 is 23.2 Å². The summed E-state index contributed by atoms with van der Waals surface area (Å²) in [4.78, 5) is 26.4. The molecule has 3 heterocycles. The van der Waals surface area contributed by atoms with E-state index in [4.69, 9.17) is 4.74 Å². The Hall–Kier alpha value is -3.94. The fraction of sp³-hybridized carbons (Fsp3) is 0.280. The standard InChI is InChI=1S/C25H27N5O3/c1-25(2,3)20-16-17(11-15-30(20)24(31)32)22-23(28-14-13-27-22)33-19-9-7-18(8-10-19)29-21-6-4-5-12-26-21/h4-10,12-14,16,20H,11,15H2,1-3H3,(H,26,29)(H,31,32). The number of hydrogen-bond donors (Lipinski definition) is 2. The second-order valence-electron chi connectivity index (χ2n) is 8.91. The molecule has 33 heavy (non-hydrogen) atoms. The maximum Gasteiger partial charge on any atom is 0.407 e. The quantitative estimate of drug-likeness (QED) is 0.528. The number of aromatic nitrogens is 3. The van der Waals surface area contributed by atoms with Crippen LogP contribution in [0.3, 0.4) is 0 Å². The van der Waals surface area contributed by atoms with Crippen molar-refractivity contribution in [2.24, 2.45) is 5.41 Å². The van der Waals surface area contributed by atoms with Gasteiger partial charge in [-0.15, -0.1) is 0 Å². The minimum Gasteiger partial charge on any atom is -0.465 e. The monoisotopic (exact) mass is 445 g/mol. The molecule has 1 atom stereocenters. The lowest BCUT2D eigenvalue weighted by atomic mass is 9.82. The first-order chi connectivity index (χ1) is 15.8. The molecule has 1 aliphatic heterocycles. The molecule has 1 unspecified atom stereocenters. The second kappa shape index (κ2) is 9.28. The minimum atomic E-state index is -0.916. The SMILES string of the molecule is CC(C)(C)C1C=C(c2nccnc2Oc2ccc(Nc3ccccn3)cc2)CCN1C(=O)O. The Balaban J connectivity index is 1.56. The Morgan fingerprint density at radius 3 is 2.48 bits per heavy atom. The molecule has 2 N–H and O–H groups in total. The first-order valence-corrected chi connectivity index (χ1v) is 10.8. The number of carboxylic acid groups (broad SMARTS) is 1. The summed E-state index contributed by atoms with van der Waals surface area (Å²) < 4.78 is 6.08. The van der Waals surface area contributed by atoms with Crippen LogP contribution in [0.5, 0.6) is 11.6 Å². The van der Waals surface area contributed by atoms with Gasteiger partial charge in [-0.05, 0) is 53.8 Å². The highest BCUT2D eigenvalue weighted by molar-refractivity contribution is 5.73. The number of benzene rings is 1. The molecule has 4 rings (SSSR count). The molecule has 1 aromatic carbocycles. The van der Waals surface area contributed by atoms with Crippen molar-refractivity contribution in [3.05, 3.63) is 72.8 Å². The molecule has 0 spiro atoms. The summed E-state index contributed by atoms with van der Waals surface area (Å²) in [5.74, 6) is 1.78. The molecular weight excluding hydrogens is 418 g/mol. The molecule has 3 aromatic rings.